The van der Waals surface area contributed by atoms with Crippen molar-refractivity contribution in [1.29, 1.82) is 0 Å². The third kappa shape index (κ3) is 3.43. The first-order valence-electron chi connectivity index (χ1n) is 8.42. The first kappa shape index (κ1) is 14.9. The van der Waals surface area contributed by atoms with E-state index in [1.165, 1.54) is 29.8 Å². The zero-order valence-electron chi connectivity index (χ0n) is 13.3. The van der Waals surface area contributed by atoms with Crippen LogP contribution in [0.1, 0.15) is 54.9 Å². The fraction of sp³-hybridized carbons (Fsp3) is 0.765. The number of hydrogen-bond acceptors (Lipinski definition) is 4. The number of nitrogens with zero attached hydrogens (tertiary/aromatic N) is 2. The Morgan fingerprint density at radius 3 is 2.95 bits per heavy atom. The Hall–Kier alpha value is -1.00. The first-order valence-corrected chi connectivity index (χ1v) is 8.42. The van der Waals surface area contributed by atoms with Gasteiger partial charge in [-0.2, -0.15) is 0 Å². The summed E-state index contributed by atoms with van der Waals surface area (Å²) in [6.07, 6.45) is 5.78. The fourth-order valence-electron chi connectivity index (χ4n) is 3.46. The monoisotopic (exact) mass is 289 g/mol. The summed E-state index contributed by atoms with van der Waals surface area (Å²) in [5.41, 5.74) is 3.91. The van der Waals surface area contributed by atoms with Crippen LogP contribution < -0.4 is 5.32 Å². The Morgan fingerprint density at radius 1 is 1.29 bits per heavy atom. The summed E-state index contributed by atoms with van der Waals surface area (Å²) in [7, 11) is 0. The van der Waals surface area contributed by atoms with E-state index in [1.54, 1.807) is 0 Å². The molecule has 0 radical (unpaired) electrons. The second-order valence-electron chi connectivity index (χ2n) is 6.47. The Labute approximate surface area is 127 Å². The van der Waals surface area contributed by atoms with Gasteiger partial charge in [0.25, 0.3) is 0 Å². The molecule has 1 aromatic heterocycles. The Bertz CT molecular complexity index is 483. The molecule has 4 nitrogen and oxygen atoms in total. The molecule has 2 heterocycles. The number of fused-ring (bicyclic) bond motifs is 1. The maximum Gasteiger partial charge on any atom is 0.134 e. The quantitative estimate of drug-likeness (QED) is 0.846. The predicted octanol–water partition coefficient (Wildman–Crippen LogP) is 2.39. The first-order chi connectivity index (χ1) is 10.3. The molecule has 0 spiro atoms. The Morgan fingerprint density at radius 2 is 2.19 bits per heavy atom. The third-order valence-corrected chi connectivity index (χ3v) is 4.75. The van der Waals surface area contributed by atoms with Crippen molar-refractivity contribution in [3.05, 3.63) is 22.8 Å². The molecule has 4 heteroatoms. The lowest BCUT2D eigenvalue weighted by Crippen LogP contribution is -2.29. The topological polar surface area (TPSA) is 47.0 Å². The van der Waals surface area contributed by atoms with Gasteiger partial charge in [0.05, 0.1) is 6.61 Å². The largest absolute Gasteiger partial charge is 0.381 e. The summed E-state index contributed by atoms with van der Waals surface area (Å²) in [5, 5.41) is 3.55. The summed E-state index contributed by atoms with van der Waals surface area (Å²) < 4.78 is 5.48. The highest BCUT2D eigenvalue weighted by atomic mass is 16.5. The smallest absolute Gasteiger partial charge is 0.134 e. The number of hydrogen-bond donors (Lipinski definition) is 1. The van der Waals surface area contributed by atoms with Gasteiger partial charge in [-0.1, -0.05) is 6.92 Å². The zero-order valence-corrected chi connectivity index (χ0v) is 13.3. The van der Waals surface area contributed by atoms with Crippen molar-refractivity contribution in [2.45, 2.75) is 51.9 Å². The van der Waals surface area contributed by atoms with Crippen LogP contribution in [0.4, 0.5) is 0 Å². The Kier molecular flexibility index (Phi) is 4.86. The van der Waals surface area contributed by atoms with Crippen molar-refractivity contribution in [3.8, 4) is 0 Å². The minimum Gasteiger partial charge on any atom is -0.381 e. The van der Waals surface area contributed by atoms with Crippen molar-refractivity contribution in [2.75, 3.05) is 26.3 Å². The van der Waals surface area contributed by atoms with E-state index in [2.05, 4.69) is 19.2 Å². The number of ether oxygens (including phenoxy) is 1. The number of rotatable bonds is 5. The van der Waals surface area contributed by atoms with E-state index in [1.807, 2.05) is 0 Å². The van der Waals surface area contributed by atoms with Crippen LogP contribution in [-0.4, -0.2) is 36.3 Å². The van der Waals surface area contributed by atoms with Crippen LogP contribution in [0.2, 0.25) is 0 Å². The summed E-state index contributed by atoms with van der Waals surface area (Å²) in [6.45, 7) is 8.28. The molecule has 2 unspecified atom stereocenters. The molecular weight excluding hydrogens is 262 g/mol. The second-order valence-corrected chi connectivity index (χ2v) is 6.47. The molecular formula is C17H27N3O. The molecule has 1 saturated heterocycles. The van der Waals surface area contributed by atoms with Gasteiger partial charge in [0, 0.05) is 23.9 Å². The van der Waals surface area contributed by atoms with Crippen LogP contribution in [0.3, 0.4) is 0 Å². The van der Waals surface area contributed by atoms with Gasteiger partial charge < -0.3 is 10.1 Å². The van der Waals surface area contributed by atoms with Crippen LogP contribution in [0.25, 0.3) is 0 Å². The van der Waals surface area contributed by atoms with Gasteiger partial charge in [0.15, 0.2) is 0 Å². The predicted molar refractivity (Wildman–Crippen MR) is 83.6 cm³/mol. The van der Waals surface area contributed by atoms with Crippen LogP contribution in [0, 0.1) is 12.8 Å². The van der Waals surface area contributed by atoms with Crippen molar-refractivity contribution in [1.82, 2.24) is 15.3 Å². The molecule has 0 aromatic carbocycles. The maximum absolute atomic E-state index is 5.48. The number of nitrogens with one attached hydrogen (secondary N) is 1. The highest BCUT2D eigenvalue weighted by Crippen LogP contribution is 2.29. The minimum atomic E-state index is 0.415. The molecule has 0 saturated carbocycles. The normalized spacial score (nSPS) is 25.0. The van der Waals surface area contributed by atoms with E-state index in [9.17, 15) is 0 Å². The SMILES string of the molecule is CCCNCC1CCc2nc(C3CCOC3)nc(C)c2C1. The van der Waals surface area contributed by atoms with E-state index in [-0.39, 0.29) is 0 Å². The average molecular weight is 289 g/mol. The standard InChI is InChI=1S/C17H27N3O/c1-3-7-18-10-13-4-5-16-15(9-13)12(2)19-17(20-16)14-6-8-21-11-14/h13-14,18H,3-11H2,1-2H3. The fourth-order valence-corrected chi connectivity index (χ4v) is 3.46. The summed E-state index contributed by atoms with van der Waals surface area (Å²) in [4.78, 5) is 9.66. The van der Waals surface area contributed by atoms with Gasteiger partial charge in [-0.05, 0) is 63.6 Å². The van der Waals surface area contributed by atoms with Gasteiger partial charge in [-0.15, -0.1) is 0 Å². The van der Waals surface area contributed by atoms with Crippen LogP contribution in [0.5, 0.6) is 0 Å². The number of aryl methyl sites for hydroxylation is 2. The molecule has 1 aromatic rings. The van der Waals surface area contributed by atoms with Gasteiger partial charge in [0.2, 0.25) is 0 Å². The molecule has 2 atom stereocenters. The molecule has 3 rings (SSSR count). The van der Waals surface area contributed by atoms with Gasteiger partial charge in [-0.25, -0.2) is 9.97 Å². The third-order valence-electron chi connectivity index (χ3n) is 4.75. The lowest BCUT2D eigenvalue weighted by atomic mass is 9.85. The highest BCUT2D eigenvalue weighted by Gasteiger charge is 2.26. The van der Waals surface area contributed by atoms with Crippen LogP contribution in [-0.2, 0) is 17.6 Å². The van der Waals surface area contributed by atoms with E-state index in [0.717, 1.165) is 57.3 Å². The van der Waals surface area contributed by atoms with E-state index < -0.39 is 0 Å². The van der Waals surface area contributed by atoms with Crippen molar-refractivity contribution in [2.24, 2.45) is 5.92 Å². The van der Waals surface area contributed by atoms with Gasteiger partial charge >= 0.3 is 0 Å². The van der Waals surface area contributed by atoms with E-state index in [0.29, 0.717) is 5.92 Å². The minimum absolute atomic E-state index is 0.415. The van der Waals surface area contributed by atoms with E-state index in [4.69, 9.17) is 14.7 Å². The summed E-state index contributed by atoms with van der Waals surface area (Å²) >= 11 is 0. The van der Waals surface area contributed by atoms with Crippen molar-refractivity contribution >= 4 is 0 Å². The lowest BCUT2D eigenvalue weighted by molar-refractivity contribution is 0.193. The second kappa shape index (κ2) is 6.84. The zero-order chi connectivity index (χ0) is 14.7. The Balaban J connectivity index is 1.71. The molecule has 1 aliphatic carbocycles. The van der Waals surface area contributed by atoms with Crippen LogP contribution in [0.15, 0.2) is 0 Å². The molecule has 1 N–H and O–H groups in total. The van der Waals surface area contributed by atoms with Crippen LogP contribution >= 0.6 is 0 Å². The molecule has 1 fully saturated rings. The van der Waals surface area contributed by atoms with E-state index >= 15 is 0 Å². The van der Waals surface area contributed by atoms with Gasteiger partial charge in [0.1, 0.15) is 5.82 Å². The number of aromatic nitrogens is 2. The molecule has 21 heavy (non-hydrogen) atoms. The molecule has 0 amide bonds. The van der Waals surface area contributed by atoms with Crippen molar-refractivity contribution < 1.29 is 4.74 Å². The highest BCUT2D eigenvalue weighted by molar-refractivity contribution is 5.29. The maximum atomic E-state index is 5.48. The van der Waals surface area contributed by atoms with Gasteiger partial charge in [-0.3, -0.25) is 0 Å². The molecule has 1 aliphatic heterocycles. The molecule has 0 bridgehead atoms. The average Bonchev–Trinajstić information content (AvgIpc) is 3.02. The summed E-state index contributed by atoms with van der Waals surface area (Å²) in [6, 6.07) is 0. The molecule has 2 aliphatic rings. The summed E-state index contributed by atoms with van der Waals surface area (Å²) in [5.74, 6) is 2.18. The lowest BCUT2D eigenvalue weighted by Gasteiger charge is -2.26. The van der Waals surface area contributed by atoms with Crippen molar-refractivity contribution in [3.63, 3.8) is 0 Å². The molecule has 116 valence electrons.